The van der Waals surface area contributed by atoms with Crippen molar-refractivity contribution in [3.8, 4) is 0 Å². The minimum Gasteiger partial charge on any atom is -0.452 e. The molecule has 0 aromatic heterocycles. The lowest BCUT2D eigenvalue weighted by molar-refractivity contribution is -0.124. The van der Waals surface area contributed by atoms with E-state index in [2.05, 4.69) is 21.2 Å². The third kappa shape index (κ3) is 5.39. The van der Waals surface area contributed by atoms with Crippen LogP contribution in [-0.4, -0.2) is 32.9 Å². The highest BCUT2D eigenvalue weighted by Crippen LogP contribution is 2.21. The fraction of sp³-hybridized carbons (Fsp3) is 0.385. The van der Waals surface area contributed by atoms with Crippen molar-refractivity contribution in [3.05, 3.63) is 28.2 Å². The average molecular weight is 393 g/mol. The van der Waals surface area contributed by atoms with Gasteiger partial charge in [-0.15, -0.1) is 0 Å². The SMILES string of the molecule is CC[C@H](C)NC(=O)COC(=O)c1cc(S(N)(=O)=O)ccc1Br. The second kappa shape index (κ2) is 7.70. The monoisotopic (exact) mass is 392 g/mol. The Bertz CT molecular complexity index is 675. The molecule has 0 unspecified atom stereocenters. The van der Waals surface area contributed by atoms with Crippen LogP contribution in [-0.2, 0) is 19.6 Å². The highest BCUT2D eigenvalue weighted by molar-refractivity contribution is 9.10. The number of ether oxygens (including phenoxy) is 1. The van der Waals surface area contributed by atoms with Gasteiger partial charge in [-0.2, -0.15) is 0 Å². The molecule has 0 bridgehead atoms. The molecule has 3 N–H and O–H groups in total. The van der Waals surface area contributed by atoms with Crippen molar-refractivity contribution in [2.45, 2.75) is 31.2 Å². The van der Waals surface area contributed by atoms with Gasteiger partial charge in [0.1, 0.15) is 0 Å². The summed E-state index contributed by atoms with van der Waals surface area (Å²) in [6, 6.07) is 3.69. The van der Waals surface area contributed by atoms with Crippen molar-refractivity contribution in [1.82, 2.24) is 5.32 Å². The molecule has 0 aliphatic rings. The van der Waals surface area contributed by atoms with E-state index >= 15 is 0 Å². The zero-order valence-corrected chi connectivity index (χ0v) is 14.5. The minimum absolute atomic E-state index is 0.0244. The van der Waals surface area contributed by atoms with E-state index < -0.39 is 28.5 Å². The van der Waals surface area contributed by atoms with Crippen molar-refractivity contribution in [1.29, 1.82) is 0 Å². The first-order chi connectivity index (χ1) is 10.1. The fourth-order valence-corrected chi connectivity index (χ4v) is 2.41. The zero-order chi connectivity index (χ0) is 16.9. The number of amides is 1. The Morgan fingerprint density at radius 1 is 1.41 bits per heavy atom. The molecule has 0 saturated carbocycles. The van der Waals surface area contributed by atoms with Crippen LogP contribution < -0.4 is 10.5 Å². The predicted octanol–water partition coefficient (Wildman–Crippen LogP) is 1.17. The number of nitrogens with one attached hydrogen (secondary N) is 1. The Balaban J connectivity index is 2.80. The lowest BCUT2D eigenvalue weighted by Crippen LogP contribution is -2.35. The molecular weight excluding hydrogens is 376 g/mol. The second-order valence-electron chi connectivity index (χ2n) is 4.64. The number of carbonyl (C=O) groups is 2. The van der Waals surface area contributed by atoms with Crippen LogP contribution in [0.25, 0.3) is 0 Å². The Morgan fingerprint density at radius 2 is 2.05 bits per heavy atom. The molecule has 7 nitrogen and oxygen atoms in total. The molecule has 1 atom stereocenters. The van der Waals surface area contributed by atoms with E-state index in [9.17, 15) is 18.0 Å². The molecule has 0 aliphatic carbocycles. The van der Waals surface area contributed by atoms with Gasteiger partial charge >= 0.3 is 5.97 Å². The van der Waals surface area contributed by atoms with Gasteiger partial charge in [0.15, 0.2) is 6.61 Å². The van der Waals surface area contributed by atoms with Gasteiger partial charge in [0.25, 0.3) is 5.91 Å². The molecule has 0 heterocycles. The van der Waals surface area contributed by atoms with Gasteiger partial charge in [-0.05, 0) is 47.5 Å². The van der Waals surface area contributed by atoms with Gasteiger partial charge in [-0.25, -0.2) is 18.4 Å². The van der Waals surface area contributed by atoms with E-state index in [-0.39, 0.29) is 16.5 Å². The fourth-order valence-electron chi connectivity index (χ4n) is 1.47. The molecular formula is C13H17BrN2O5S. The van der Waals surface area contributed by atoms with Crippen LogP contribution in [0.2, 0.25) is 0 Å². The second-order valence-corrected chi connectivity index (χ2v) is 7.06. The maximum Gasteiger partial charge on any atom is 0.339 e. The van der Waals surface area contributed by atoms with Crippen LogP contribution in [0.4, 0.5) is 0 Å². The average Bonchev–Trinajstić information content (AvgIpc) is 2.43. The standard InChI is InChI=1S/C13H17BrN2O5S/c1-3-8(2)16-12(17)7-21-13(18)10-6-9(22(15,19)20)4-5-11(10)14/h4-6,8H,3,7H2,1-2H3,(H,16,17)(H2,15,19,20)/t8-/m0/s1. The van der Waals surface area contributed by atoms with Crippen molar-refractivity contribution < 1.29 is 22.7 Å². The molecule has 0 fully saturated rings. The molecule has 0 spiro atoms. The molecule has 1 aromatic rings. The van der Waals surface area contributed by atoms with E-state index in [4.69, 9.17) is 9.88 Å². The topological polar surface area (TPSA) is 116 Å². The summed E-state index contributed by atoms with van der Waals surface area (Å²) in [7, 11) is -3.93. The Labute approximate surface area is 137 Å². The van der Waals surface area contributed by atoms with Gasteiger partial charge in [0, 0.05) is 10.5 Å². The molecule has 1 aromatic carbocycles. The molecule has 0 saturated heterocycles. The number of rotatable bonds is 6. The summed E-state index contributed by atoms with van der Waals surface area (Å²) in [6.45, 7) is 3.29. The van der Waals surface area contributed by atoms with Gasteiger partial charge in [0.05, 0.1) is 10.5 Å². The number of sulfonamides is 1. The summed E-state index contributed by atoms with van der Waals surface area (Å²) in [5.74, 6) is -1.25. The highest BCUT2D eigenvalue weighted by atomic mass is 79.9. The van der Waals surface area contributed by atoms with Crippen LogP contribution >= 0.6 is 15.9 Å². The summed E-state index contributed by atoms with van der Waals surface area (Å²) in [4.78, 5) is 23.3. The maximum atomic E-state index is 11.9. The van der Waals surface area contributed by atoms with E-state index in [0.29, 0.717) is 4.47 Å². The van der Waals surface area contributed by atoms with Crippen LogP contribution in [0.15, 0.2) is 27.6 Å². The number of hydrogen-bond acceptors (Lipinski definition) is 5. The third-order valence-corrected chi connectivity index (χ3v) is 4.44. The van der Waals surface area contributed by atoms with Gasteiger partial charge in [-0.3, -0.25) is 4.79 Å². The maximum absolute atomic E-state index is 11.9. The van der Waals surface area contributed by atoms with Crippen LogP contribution in [0.3, 0.4) is 0 Å². The number of hydrogen-bond donors (Lipinski definition) is 2. The minimum atomic E-state index is -3.93. The number of primary sulfonamides is 1. The van der Waals surface area contributed by atoms with Crippen LogP contribution in [0.1, 0.15) is 30.6 Å². The van der Waals surface area contributed by atoms with Crippen molar-refractivity contribution in [2.75, 3.05) is 6.61 Å². The van der Waals surface area contributed by atoms with E-state index in [1.807, 2.05) is 13.8 Å². The highest BCUT2D eigenvalue weighted by Gasteiger charge is 2.18. The molecule has 122 valence electrons. The molecule has 1 rings (SSSR count). The first kappa shape index (κ1) is 18.6. The van der Waals surface area contributed by atoms with E-state index in [1.54, 1.807) is 0 Å². The quantitative estimate of drug-likeness (QED) is 0.704. The molecule has 1 amide bonds. The lowest BCUT2D eigenvalue weighted by atomic mass is 10.2. The van der Waals surface area contributed by atoms with Gasteiger partial charge in [0.2, 0.25) is 10.0 Å². The number of nitrogens with two attached hydrogens (primary N) is 1. The Hall–Kier alpha value is -1.45. The number of halogens is 1. The van der Waals surface area contributed by atoms with Crippen LogP contribution in [0.5, 0.6) is 0 Å². The summed E-state index contributed by atoms with van der Waals surface area (Å²) in [6.07, 6.45) is 0.752. The van der Waals surface area contributed by atoms with Crippen molar-refractivity contribution in [2.24, 2.45) is 5.14 Å². The largest absolute Gasteiger partial charge is 0.452 e. The summed E-state index contributed by atoms with van der Waals surface area (Å²) in [5.41, 5.74) is -0.0251. The predicted molar refractivity (Wildman–Crippen MR) is 83.7 cm³/mol. The van der Waals surface area contributed by atoms with Crippen molar-refractivity contribution in [3.63, 3.8) is 0 Å². The van der Waals surface area contributed by atoms with E-state index in [1.165, 1.54) is 12.1 Å². The first-order valence-corrected chi connectivity index (χ1v) is 8.78. The summed E-state index contributed by atoms with van der Waals surface area (Å²) >= 11 is 3.12. The number of esters is 1. The summed E-state index contributed by atoms with van der Waals surface area (Å²) < 4.78 is 27.8. The first-order valence-electron chi connectivity index (χ1n) is 6.44. The Morgan fingerprint density at radius 3 is 2.59 bits per heavy atom. The summed E-state index contributed by atoms with van der Waals surface area (Å²) in [5, 5.41) is 7.65. The van der Waals surface area contributed by atoms with Crippen molar-refractivity contribution >= 4 is 37.8 Å². The molecule has 0 aliphatic heterocycles. The normalized spacial score (nSPS) is 12.5. The molecule has 22 heavy (non-hydrogen) atoms. The Kier molecular flexibility index (Phi) is 6.51. The zero-order valence-electron chi connectivity index (χ0n) is 12.1. The van der Waals surface area contributed by atoms with Gasteiger partial charge in [-0.1, -0.05) is 6.92 Å². The molecule has 0 radical (unpaired) electrons. The lowest BCUT2D eigenvalue weighted by Gasteiger charge is -2.12. The number of benzene rings is 1. The third-order valence-electron chi connectivity index (χ3n) is 2.84. The van der Waals surface area contributed by atoms with Gasteiger partial charge < -0.3 is 10.1 Å². The molecule has 9 heteroatoms. The van der Waals surface area contributed by atoms with E-state index in [0.717, 1.165) is 12.5 Å². The smallest absolute Gasteiger partial charge is 0.339 e. The number of carbonyl (C=O) groups excluding carboxylic acids is 2. The van der Waals surface area contributed by atoms with Crippen LogP contribution in [0, 0.1) is 0 Å².